The van der Waals surface area contributed by atoms with E-state index < -0.39 is 0 Å². The minimum atomic E-state index is -0.0991. The molecule has 0 rings (SSSR count). The normalized spacial score (nSPS) is 9.64. The average Bonchev–Trinajstić information content (AvgIpc) is 1.99. The second-order valence-electron chi connectivity index (χ2n) is 2.44. The Balaban J connectivity index is 3.04. The van der Waals surface area contributed by atoms with E-state index in [-0.39, 0.29) is 5.97 Å². The van der Waals surface area contributed by atoms with Gasteiger partial charge in [-0.2, -0.15) is 0 Å². The Morgan fingerprint density at radius 3 is 2.64 bits per heavy atom. The summed E-state index contributed by atoms with van der Waals surface area (Å²) < 4.78 is 4.70. The molecule has 0 saturated heterocycles. The van der Waals surface area contributed by atoms with Crippen molar-refractivity contribution >= 4 is 21.9 Å². The summed E-state index contributed by atoms with van der Waals surface area (Å²) in [4.78, 5) is 10.8. The Morgan fingerprint density at radius 2 is 2.09 bits per heavy atom. The van der Waals surface area contributed by atoms with Crippen LogP contribution in [-0.2, 0) is 9.53 Å². The van der Waals surface area contributed by atoms with Gasteiger partial charge < -0.3 is 4.74 Å². The first-order chi connectivity index (χ1) is 5.31. The lowest BCUT2D eigenvalue weighted by Crippen LogP contribution is -2.01. The lowest BCUT2D eigenvalue weighted by Gasteiger charge is -1.99. The van der Waals surface area contributed by atoms with Crippen LogP contribution in [0.3, 0.4) is 0 Å². The molecule has 0 fully saturated rings. The van der Waals surface area contributed by atoms with Gasteiger partial charge in [0.15, 0.2) is 0 Å². The van der Waals surface area contributed by atoms with Gasteiger partial charge in [0.2, 0.25) is 0 Å². The molecule has 0 aliphatic rings. The maximum atomic E-state index is 10.8. The van der Waals surface area contributed by atoms with E-state index >= 15 is 0 Å². The van der Waals surface area contributed by atoms with Gasteiger partial charge in [0.05, 0.1) is 0 Å². The van der Waals surface area contributed by atoms with Crippen molar-refractivity contribution in [3.05, 3.63) is 0 Å². The van der Waals surface area contributed by atoms with E-state index in [1.54, 1.807) is 0 Å². The molecule has 0 unspecified atom stereocenters. The fourth-order valence-corrected chi connectivity index (χ4v) is 1.08. The summed E-state index contributed by atoms with van der Waals surface area (Å²) in [6, 6.07) is 0. The maximum Gasteiger partial charge on any atom is 0.306 e. The van der Waals surface area contributed by atoms with Crippen molar-refractivity contribution < 1.29 is 9.53 Å². The SMILES string of the molecule is CCCCCCC(=O)OCBr. The highest BCUT2D eigenvalue weighted by Crippen LogP contribution is 2.03. The minimum Gasteiger partial charge on any atom is -0.454 e. The van der Waals surface area contributed by atoms with Crippen LogP contribution in [0, 0.1) is 0 Å². The zero-order chi connectivity index (χ0) is 8.53. The molecule has 0 aromatic heterocycles. The summed E-state index contributed by atoms with van der Waals surface area (Å²) in [5, 5.41) is 0. The van der Waals surface area contributed by atoms with Crippen molar-refractivity contribution in [1.29, 1.82) is 0 Å². The smallest absolute Gasteiger partial charge is 0.306 e. The average molecular weight is 223 g/mol. The fraction of sp³-hybridized carbons (Fsp3) is 0.875. The molecule has 2 nitrogen and oxygen atoms in total. The van der Waals surface area contributed by atoms with Crippen molar-refractivity contribution in [2.24, 2.45) is 0 Å². The van der Waals surface area contributed by atoms with Crippen LogP contribution in [0.2, 0.25) is 0 Å². The highest BCUT2D eigenvalue weighted by atomic mass is 79.9. The standard InChI is InChI=1S/C8H15BrO2/c1-2-3-4-5-6-8(10)11-7-9/h2-7H2,1H3. The number of carbonyl (C=O) groups excluding carboxylic acids is 1. The summed E-state index contributed by atoms with van der Waals surface area (Å²) in [6.07, 6.45) is 5.06. The highest BCUT2D eigenvalue weighted by Gasteiger charge is 1.99. The summed E-state index contributed by atoms with van der Waals surface area (Å²) in [5.41, 5.74) is 0.319. The van der Waals surface area contributed by atoms with Crippen LogP contribution in [0.1, 0.15) is 39.0 Å². The van der Waals surface area contributed by atoms with E-state index in [0.717, 1.165) is 12.8 Å². The molecule has 0 spiro atoms. The Bertz CT molecular complexity index is 104. The second-order valence-corrected chi connectivity index (χ2v) is 2.89. The van der Waals surface area contributed by atoms with E-state index in [2.05, 4.69) is 22.9 Å². The van der Waals surface area contributed by atoms with Gasteiger partial charge in [0.25, 0.3) is 0 Å². The number of alkyl halides is 1. The Morgan fingerprint density at radius 1 is 1.36 bits per heavy atom. The van der Waals surface area contributed by atoms with Crippen LogP contribution >= 0.6 is 15.9 Å². The quantitative estimate of drug-likeness (QED) is 0.393. The van der Waals surface area contributed by atoms with Gasteiger partial charge in [-0.1, -0.05) is 26.2 Å². The molecule has 0 bridgehead atoms. The second kappa shape index (κ2) is 8.05. The van der Waals surface area contributed by atoms with Gasteiger partial charge >= 0.3 is 5.97 Å². The number of esters is 1. The monoisotopic (exact) mass is 222 g/mol. The molecular formula is C8H15BrO2. The summed E-state index contributed by atoms with van der Waals surface area (Å²) in [7, 11) is 0. The molecule has 0 aromatic carbocycles. The number of hydrogen-bond donors (Lipinski definition) is 0. The Kier molecular flexibility index (Phi) is 8.01. The first-order valence-corrected chi connectivity index (χ1v) is 5.15. The topological polar surface area (TPSA) is 26.3 Å². The molecule has 0 saturated carbocycles. The van der Waals surface area contributed by atoms with Crippen LogP contribution in [0.25, 0.3) is 0 Å². The molecule has 0 radical (unpaired) electrons. The van der Waals surface area contributed by atoms with Crippen LogP contribution in [0.4, 0.5) is 0 Å². The number of carbonyl (C=O) groups is 1. The molecule has 11 heavy (non-hydrogen) atoms. The third kappa shape index (κ3) is 7.85. The van der Waals surface area contributed by atoms with Gasteiger partial charge in [0, 0.05) is 6.42 Å². The first-order valence-electron chi connectivity index (χ1n) is 4.02. The zero-order valence-electron chi connectivity index (χ0n) is 6.94. The van der Waals surface area contributed by atoms with Crippen LogP contribution in [0.5, 0.6) is 0 Å². The molecule has 0 atom stereocenters. The lowest BCUT2D eigenvalue weighted by atomic mass is 10.2. The van der Waals surface area contributed by atoms with E-state index in [9.17, 15) is 4.79 Å². The highest BCUT2D eigenvalue weighted by molar-refractivity contribution is 9.09. The summed E-state index contributed by atoms with van der Waals surface area (Å²) in [5.74, 6) is -0.0991. The molecule has 0 aliphatic heterocycles. The first kappa shape index (κ1) is 11.0. The van der Waals surface area contributed by atoms with E-state index in [4.69, 9.17) is 4.74 Å². The Labute approximate surface area is 76.4 Å². The van der Waals surface area contributed by atoms with Crippen molar-refractivity contribution in [3.8, 4) is 0 Å². The fourth-order valence-electron chi connectivity index (χ4n) is 0.829. The number of halogens is 1. The van der Waals surface area contributed by atoms with Crippen LogP contribution < -0.4 is 0 Å². The minimum absolute atomic E-state index is 0.0991. The van der Waals surface area contributed by atoms with Crippen molar-refractivity contribution in [1.82, 2.24) is 0 Å². The number of unbranched alkanes of at least 4 members (excludes halogenated alkanes) is 3. The maximum absolute atomic E-state index is 10.8. The molecular weight excluding hydrogens is 208 g/mol. The number of rotatable bonds is 6. The summed E-state index contributed by atoms with van der Waals surface area (Å²) in [6.45, 7) is 2.15. The van der Waals surface area contributed by atoms with Gasteiger partial charge in [-0.15, -0.1) is 0 Å². The molecule has 66 valence electrons. The molecule has 3 heteroatoms. The van der Waals surface area contributed by atoms with Gasteiger partial charge in [-0.05, 0) is 22.4 Å². The predicted molar refractivity (Wildman–Crippen MR) is 48.6 cm³/mol. The molecule has 0 N–H and O–H groups in total. The third-order valence-electron chi connectivity index (χ3n) is 1.45. The Hall–Kier alpha value is -0.0500. The van der Waals surface area contributed by atoms with Crippen molar-refractivity contribution in [2.45, 2.75) is 39.0 Å². The zero-order valence-corrected chi connectivity index (χ0v) is 8.52. The van der Waals surface area contributed by atoms with E-state index in [1.807, 2.05) is 0 Å². The van der Waals surface area contributed by atoms with Crippen molar-refractivity contribution in [2.75, 3.05) is 5.52 Å². The van der Waals surface area contributed by atoms with Crippen LogP contribution in [0.15, 0.2) is 0 Å². The largest absolute Gasteiger partial charge is 0.454 e. The van der Waals surface area contributed by atoms with E-state index in [0.29, 0.717) is 11.9 Å². The third-order valence-corrected chi connectivity index (χ3v) is 1.68. The van der Waals surface area contributed by atoms with E-state index in [1.165, 1.54) is 12.8 Å². The molecule has 0 aliphatic carbocycles. The lowest BCUT2D eigenvalue weighted by molar-refractivity contribution is -0.141. The van der Waals surface area contributed by atoms with Gasteiger partial charge in [0.1, 0.15) is 5.52 Å². The molecule has 0 aromatic rings. The molecule has 0 heterocycles. The predicted octanol–water partition coefficient (Wildman–Crippen LogP) is 2.85. The number of hydrogen-bond acceptors (Lipinski definition) is 2. The van der Waals surface area contributed by atoms with Crippen molar-refractivity contribution in [3.63, 3.8) is 0 Å². The van der Waals surface area contributed by atoms with Crippen LogP contribution in [-0.4, -0.2) is 11.5 Å². The number of ether oxygens (including phenoxy) is 1. The van der Waals surface area contributed by atoms with Gasteiger partial charge in [-0.3, -0.25) is 4.79 Å². The summed E-state index contributed by atoms with van der Waals surface area (Å²) >= 11 is 3.03. The van der Waals surface area contributed by atoms with Gasteiger partial charge in [-0.25, -0.2) is 0 Å². The molecule has 0 amide bonds.